The van der Waals surface area contributed by atoms with E-state index < -0.39 is 0 Å². The SMILES string of the molecule is CCC(NC(CCO)C(C)(C)C)c1cccs1. The summed E-state index contributed by atoms with van der Waals surface area (Å²) >= 11 is 1.80. The van der Waals surface area contributed by atoms with Crippen LogP contribution in [0, 0.1) is 5.41 Å². The van der Waals surface area contributed by atoms with E-state index >= 15 is 0 Å². The summed E-state index contributed by atoms with van der Waals surface area (Å²) in [6, 6.07) is 5.04. The van der Waals surface area contributed by atoms with Crippen LogP contribution < -0.4 is 5.32 Å². The first-order valence-electron chi connectivity index (χ1n) is 6.39. The molecular weight excluding hydrogens is 230 g/mol. The molecule has 2 unspecified atom stereocenters. The van der Waals surface area contributed by atoms with E-state index in [1.807, 2.05) is 0 Å². The van der Waals surface area contributed by atoms with Gasteiger partial charge in [0.2, 0.25) is 0 Å². The highest BCUT2D eigenvalue weighted by molar-refractivity contribution is 7.10. The van der Waals surface area contributed by atoms with Crippen LogP contribution in [0.5, 0.6) is 0 Å². The Morgan fingerprint density at radius 3 is 2.53 bits per heavy atom. The maximum absolute atomic E-state index is 9.18. The van der Waals surface area contributed by atoms with Crippen LogP contribution >= 0.6 is 11.3 Å². The Labute approximate surface area is 109 Å². The molecule has 0 aliphatic rings. The standard InChI is InChI=1S/C14H25NOS/c1-5-11(12-7-6-10-17-12)15-13(8-9-16)14(2,3)4/h6-7,10-11,13,15-16H,5,8-9H2,1-4H3. The number of aliphatic hydroxyl groups excluding tert-OH is 1. The zero-order valence-corrected chi connectivity index (χ0v) is 12.2. The number of thiophene rings is 1. The molecule has 2 nitrogen and oxygen atoms in total. The molecule has 98 valence electrons. The van der Waals surface area contributed by atoms with E-state index in [-0.39, 0.29) is 12.0 Å². The second-order valence-corrected chi connectivity index (χ2v) is 6.55. The minimum absolute atomic E-state index is 0.174. The Kier molecular flexibility index (Phi) is 5.63. The third-order valence-corrected chi connectivity index (χ3v) is 4.15. The van der Waals surface area contributed by atoms with Crippen molar-refractivity contribution in [1.82, 2.24) is 5.32 Å². The molecule has 0 aliphatic heterocycles. The Morgan fingerprint density at radius 2 is 2.12 bits per heavy atom. The van der Waals surface area contributed by atoms with Crippen LogP contribution in [0.4, 0.5) is 0 Å². The van der Waals surface area contributed by atoms with Gasteiger partial charge >= 0.3 is 0 Å². The van der Waals surface area contributed by atoms with Gasteiger partial charge in [0.1, 0.15) is 0 Å². The molecule has 1 heterocycles. The maximum Gasteiger partial charge on any atom is 0.0446 e. The minimum Gasteiger partial charge on any atom is -0.396 e. The lowest BCUT2D eigenvalue weighted by Crippen LogP contribution is -2.42. The lowest BCUT2D eigenvalue weighted by molar-refractivity contribution is 0.185. The monoisotopic (exact) mass is 255 g/mol. The van der Waals surface area contributed by atoms with E-state index in [4.69, 9.17) is 0 Å². The summed E-state index contributed by atoms with van der Waals surface area (Å²) < 4.78 is 0. The van der Waals surface area contributed by atoms with Crippen LogP contribution in [0.3, 0.4) is 0 Å². The van der Waals surface area contributed by atoms with E-state index in [2.05, 4.69) is 50.5 Å². The molecule has 1 aromatic heterocycles. The molecule has 17 heavy (non-hydrogen) atoms. The Bertz CT molecular complexity index is 303. The van der Waals surface area contributed by atoms with Crippen LogP contribution in [0.15, 0.2) is 17.5 Å². The van der Waals surface area contributed by atoms with Gasteiger partial charge in [-0.25, -0.2) is 0 Å². The van der Waals surface area contributed by atoms with Gasteiger partial charge in [-0.3, -0.25) is 0 Å². The van der Waals surface area contributed by atoms with Crippen LogP contribution in [0.1, 0.15) is 51.5 Å². The van der Waals surface area contributed by atoms with Crippen molar-refractivity contribution in [2.24, 2.45) is 5.41 Å². The van der Waals surface area contributed by atoms with Crippen molar-refractivity contribution in [1.29, 1.82) is 0 Å². The zero-order valence-electron chi connectivity index (χ0n) is 11.4. The number of rotatable bonds is 6. The van der Waals surface area contributed by atoms with Gasteiger partial charge in [-0.2, -0.15) is 0 Å². The summed E-state index contributed by atoms with van der Waals surface area (Å²) in [7, 11) is 0. The van der Waals surface area contributed by atoms with Gasteiger partial charge in [-0.1, -0.05) is 33.8 Å². The molecule has 2 N–H and O–H groups in total. The molecule has 2 atom stereocenters. The van der Waals surface area contributed by atoms with E-state index in [0.717, 1.165) is 12.8 Å². The minimum atomic E-state index is 0.174. The lowest BCUT2D eigenvalue weighted by Gasteiger charge is -2.34. The summed E-state index contributed by atoms with van der Waals surface area (Å²) in [6.07, 6.45) is 1.89. The third kappa shape index (κ3) is 4.41. The summed E-state index contributed by atoms with van der Waals surface area (Å²) in [6.45, 7) is 9.12. The van der Waals surface area contributed by atoms with Crippen LogP contribution in [0.25, 0.3) is 0 Å². The quantitative estimate of drug-likeness (QED) is 0.814. The van der Waals surface area contributed by atoms with Crippen molar-refractivity contribution in [3.8, 4) is 0 Å². The predicted octanol–water partition coefficient (Wildman–Crippen LogP) is 3.59. The van der Waals surface area contributed by atoms with Gasteiger partial charge in [0.05, 0.1) is 0 Å². The first-order valence-corrected chi connectivity index (χ1v) is 7.27. The van der Waals surface area contributed by atoms with Gasteiger partial charge in [-0.15, -0.1) is 11.3 Å². The van der Waals surface area contributed by atoms with Crippen LogP contribution in [-0.4, -0.2) is 17.8 Å². The third-order valence-electron chi connectivity index (χ3n) is 3.16. The first-order chi connectivity index (χ1) is 7.99. The van der Waals surface area contributed by atoms with Crippen molar-refractivity contribution in [2.75, 3.05) is 6.61 Å². The van der Waals surface area contributed by atoms with Crippen molar-refractivity contribution >= 4 is 11.3 Å². The van der Waals surface area contributed by atoms with E-state index in [0.29, 0.717) is 12.1 Å². The fourth-order valence-electron chi connectivity index (χ4n) is 2.03. The molecule has 1 aromatic rings. The highest BCUT2D eigenvalue weighted by Crippen LogP contribution is 2.28. The highest BCUT2D eigenvalue weighted by atomic mass is 32.1. The van der Waals surface area contributed by atoms with E-state index in [1.54, 1.807) is 11.3 Å². The summed E-state index contributed by atoms with van der Waals surface area (Å²) in [5, 5.41) is 15.0. The van der Waals surface area contributed by atoms with Gasteiger partial charge in [0.15, 0.2) is 0 Å². The fourth-order valence-corrected chi connectivity index (χ4v) is 2.90. The highest BCUT2D eigenvalue weighted by Gasteiger charge is 2.26. The molecule has 0 saturated carbocycles. The predicted molar refractivity (Wildman–Crippen MR) is 75.4 cm³/mol. The number of hydrogen-bond donors (Lipinski definition) is 2. The molecule has 3 heteroatoms. The van der Waals surface area contributed by atoms with E-state index in [9.17, 15) is 5.11 Å². The second kappa shape index (κ2) is 6.53. The molecule has 0 radical (unpaired) electrons. The van der Waals surface area contributed by atoms with Gasteiger partial charge in [0.25, 0.3) is 0 Å². The molecule has 0 saturated heterocycles. The van der Waals surface area contributed by atoms with Gasteiger partial charge < -0.3 is 10.4 Å². The lowest BCUT2D eigenvalue weighted by atomic mass is 9.84. The number of aliphatic hydroxyl groups is 1. The second-order valence-electron chi connectivity index (χ2n) is 5.57. The fraction of sp³-hybridized carbons (Fsp3) is 0.714. The Hall–Kier alpha value is -0.380. The van der Waals surface area contributed by atoms with Crippen molar-refractivity contribution in [2.45, 2.75) is 52.6 Å². The molecule has 0 aromatic carbocycles. The normalized spacial score (nSPS) is 15.8. The molecule has 0 amide bonds. The molecule has 0 spiro atoms. The van der Waals surface area contributed by atoms with Crippen LogP contribution in [-0.2, 0) is 0 Å². The van der Waals surface area contributed by atoms with Gasteiger partial charge in [-0.05, 0) is 29.7 Å². The van der Waals surface area contributed by atoms with E-state index in [1.165, 1.54) is 4.88 Å². The average Bonchev–Trinajstić information content (AvgIpc) is 2.75. The summed E-state index contributed by atoms with van der Waals surface area (Å²) in [4.78, 5) is 1.39. The number of hydrogen-bond acceptors (Lipinski definition) is 3. The van der Waals surface area contributed by atoms with Crippen molar-refractivity contribution in [3.05, 3.63) is 22.4 Å². The molecule has 0 aliphatic carbocycles. The van der Waals surface area contributed by atoms with Gasteiger partial charge in [0, 0.05) is 23.6 Å². The first kappa shape index (κ1) is 14.7. The van der Waals surface area contributed by atoms with Crippen LogP contribution in [0.2, 0.25) is 0 Å². The zero-order chi connectivity index (χ0) is 12.9. The van der Waals surface area contributed by atoms with Crippen molar-refractivity contribution in [3.63, 3.8) is 0 Å². The Morgan fingerprint density at radius 1 is 1.41 bits per heavy atom. The summed E-state index contributed by atoms with van der Waals surface area (Å²) in [5.41, 5.74) is 0.174. The summed E-state index contributed by atoms with van der Waals surface area (Å²) in [5.74, 6) is 0. The largest absolute Gasteiger partial charge is 0.396 e. The molecule has 0 fully saturated rings. The average molecular weight is 255 g/mol. The maximum atomic E-state index is 9.18. The smallest absolute Gasteiger partial charge is 0.0446 e. The van der Waals surface area contributed by atoms with Crippen molar-refractivity contribution < 1.29 is 5.11 Å². The Balaban J connectivity index is 2.71. The molecule has 0 bridgehead atoms. The topological polar surface area (TPSA) is 32.3 Å². The molecular formula is C14H25NOS. The number of nitrogens with one attached hydrogen (secondary N) is 1. The molecule has 1 rings (SSSR count).